The zero-order valence-corrected chi connectivity index (χ0v) is 16.4. The fourth-order valence-corrected chi connectivity index (χ4v) is 3.73. The fourth-order valence-electron chi connectivity index (χ4n) is 2.67. The highest BCUT2D eigenvalue weighted by Crippen LogP contribution is 2.34. The first kappa shape index (κ1) is 19.7. The van der Waals surface area contributed by atoms with E-state index in [9.17, 15) is 9.59 Å². The Kier molecular flexibility index (Phi) is 6.16. The number of carboxylic acid groups (broad SMARTS) is 1. The first-order chi connectivity index (χ1) is 13.5. The molecule has 1 fully saturated rings. The molecule has 0 spiro atoms. The molecule has 1 aliphatic rings. The van der Waals surface area contributed by atoms with Crippen LogP contribution in [0.15, 0.2) is 58.4 Å². The second kappa shape index (κ2) is 8.75. The van der Waals surface area contributed by atoms with E-state index in [1.807, 2.05) is 44.2 Å². The number of carboxylic acids is 1. The Bertz CT molecular complexity index is 951. The van der Waals surface area contributed by atoms with Crippen molar-refractivity contribution in [3.05, 3.63) is 64.6 Å². The van der Waals surface area contributed by atoms with Gasteiger partial charge in [0.1, 0.15) is 5.75 Å². The summed E-state index contributed by atoms with van der Waals surface area (Å²) < 4.78 is 5.51. The zero-order valence-electron chi connectivity index (χ0n) is 15.6. The molecule has 0 saturated carbocycles. The summed E-state index contributed by atoms with van der Waals surface area (Å²) in [5.41, 5.74) is 1.67. The monoisotopic (exact) mass is 396 g/mol. The Morgan fingerprint density at radius 1 is 1.21 bits per heavy atom. The number of aromatic carboxylic acids is 1. The van der Waals surface area contributed by atoms with E-state index in [-0.39, 0.29) is 11.5 Å². The van der Waals surface area contributed by atoms with Crippen LogP contribution in [0, 0.1) is 0 Å². The van der Waals surface area contributed by atoms with Crippen LogP contribution in [0.4, 0.5) is 5.69 Å². The Balaban J connectivity index is 1.87. The lowest BCUT2D eigenvalue weighted by Gasteiger charge is -2.12. The summed E-state index contributed by atoms with van der Waals surface area (Å²) in [6, 6.07) is 13.8. The van der Waals surface area contributed by atoms with E-state index < -0.39 is 5.97 Å². The molecule has 7 heteroatoms. The summed E-state index contributed by atoms with van der Waals surface area (Å²) >= 11 is 1.30. The highest BCUT2D eigenvalue weighted by Gasteiger charge is 2.32. The first-order valence-electron chi connectivity index (χ1n) is 8.88. The second-order valence-electron chi connectivity index (χ2n) is 5.91. The molecule has 0 radical (unpaired) electrons. The van der Waals surface area contributed by atoms with Gasteiger partial charge in [0.25, 0.3) is 5.91 Å². The second-order valence-corrected chi connectivity index (χ2v) is 6.92. The third-order valence-electron chi connectivity index (χ3n) is 4.01. The average Bonchev–Trinajstić information content (AvgIpc) is 2.97. The van der Waals surface area contributed by atoms with Gasteiger partial charge in [-0.1, -0.05) is 12.1 Å². The van der Waals surface area contributed by atoms with Crippen LogP contribution in [-0.4, -0.2) is 40.2 Å². The summed E-state index contributed by atoms with van der Waals surface area (Å²) in [7, 11) is 0. The van der Waals surface area contributed by atoms with E-state index in [1.54, 1.807) is 17.0 Å². The minimum absolute atomic E-state index is 0.102. The van der Waals surface area contributed by atoms with E-state index in [0.717, 1.165) is 11.3 Å². The average molecular weight is 396 g/mol. The number of amidine groups is 1. The molecule has 0 atom stereocenters. The maximum atomic E-state index is 12.7. The number of hydrogen-bond donors (Lipinski definition) is 1. The first-order valence-corrected chi connectivity index (χ1v) is 9.69. The molecule has 28 heavy (non-hydrogen) atoms. The number of carbonyl (C=O) groups excluding carboxylic acids is 1. The van der Waals surface area contributed by atoms with Crippen LogP contribution in [0.1, 0.15) is 29.8 Å². The molecule has 144 valence electrons. The number of rotatable bonds is 6. The topological polar surface area (TPSA) is 79.2 Å². The highest BCUT2D eigenvalue weighted by atomic mass is 32.2. The van der Waals surface area contributed by atoms with E-state index in [1.165, 1.54) is 23.9 Å². The minimum atomic E-state index is -0.987. The van der Waals surface area contributed by atoms with Crippen molar-refractivity contribution in [2.45, 2.75) is 13.8 Å². The number of thioether (sulfide) groups is 1. The molecule has 0 unspecified atom stereocenters. The van der Waals surface area contributed by atoms with Crippen molar-refractivity contribution < 1.29 is 19.4 Å². The summed E-state index contributed by atoms with van der Waals surface area (Å²) in [5.74, 6) is -0.332. The summed E-state index contributed by atoms with van der Waals surface area (Å²) in [6.07, 6.45) is 1.83. The van der Waals surface area contributed by atoms with Crippen molar-refractivity contribution >= 4 is 40.6 Å². The fraction of sp³-hybridized carbons (Fsp3) is 0.190. The Hall–Kier alpha value is -3.06. The third-order valence-corrected chi connectivity index (χ3v) is 5.02. The van der Waals surface area contributed by atoms with Crippen LogP contribution in [0.5, 0.6) is 5.75 Å². The van der Waals surface area contributed by atoms with Gasteiger partial charge in [0.15, 0.2) is 5.17 Å². The zero-order chi connectivity index (χ0) is 20.1. The number of aliphatic imine (C=N–C) groups is 1. The smallest absolute Gasteiger partial charge is 0.335 e. The number of hydrogen-bond acceptors (Lipinski definition) is 5. The van der Waals surface area contributed by atoms with E-state index >= 15 is 0 Å². The number of likely N-dealkylation sites (N-methyl/N-ethyl adjacent to an activating group) is 1. The largest absolute Gasteiger partial charge is 0.494 e. The van der Waals surface area contributed by atoms with Gasteiger partial charge in [-0.2, -0.15) is 0 Å². The van der Waals surface area contributed by atoms with Crippen LogP contribution in [-0.2, 0) is 4.79 Å². The number of nitrogens with zero attached hydrogens (tertiary/aromatic N) is 2. The van der Waals surface area contributed by atoms with Gasteiger partial charge in [0.05, 0.1) is 22.8 Å². The molecular weight excluding hydrogens is 376 g/mol. The van der Waals surface area contributed by atoms with Crippen LogP contribution >= 0.6 is 11.8 Å². The molecule has 2 aromatic carbocycles. The quantitative estimate of drug-likeness (QED) is 0.732. The number of benzene rings is 2. The molecule has 0 aliphatic carbocycles. The molecule has 3 rings (SSSR count). The summed E-state index contributed by atoms with van der Waals surface area (Å²) in [6.45, 7) is 4.88. The molecule has 1 heterocycles. The maximum Gasteiger partial charge on any atom is 0.335 e. The normalized spacial score (nSPS) is 16.8. The van der Waals surface area contributed by atoms with E-state index in [4.69, 9.17) is 9.84 Å². The maximum absolute atomic E-state index is 12.7. The van der Waals surface area contributed by atoms with Crippen LogP contribution in [0.3, 0.4) is 0 Å². The van der Waals surface area contributed by atoms with E-state index in [0.29, 0.717) is 28.9 Å². The van der Waals surface area contributed by atoms with Crippen molar-refractivity contribution in [2.24, 2.45) is 4.99 Å². The molecule has 1 N–H and O–H groups in total. The number of ether oxygens (including phenoxy) is 1. The van der Waals surface area contributed by atoms with Gasteiger partial charge in [-0.05, 0) is 73.6 Å². The summed E-state index contributed by atoms with van der Waals surface area (Å²) in [5, 5.41) is 9.57. The molecule has 0 bridgehead atoms. The van der Waals surface area contributed by atoms with Crippen molar-refractivity contribution in [1.82, 2.24) is 4.90 Å². The third kappa shape index (κ3) is 4.43. The molecule has 0 aromatic heterocycles. The van der Waals surface area contributed by atoms with Gasteiger partial charge >= 0.3 is 5.97 Å². The van der Waals surface area contributed by atoms with Gasteiger partial charge in [0.2, 0.25) is 0 Å². The minimum Gasteiger partial charge on any atom is -0.494 e. The van der Waals surface area contributed by atoms with Gasteiger partial charge in [-0.3, -0.25) is 9.69 Å². The standard InChI is InChI=1S/C21H20N2O4S/c1-3-23-19(24)18(13-14-6-5-7-17(12-14)27-4-2)28-21(23)22-16-10-8-15(9-11-16)20(25)26/h5-13H,3-4H2,1-2H3,(H,25,26)/b18-13+,22-21?. The van der Waals surface area contributed by atoms with Crippen LogP contribution in [0.25, 0.3) is 6.08 Å². The molecule has 1 saturated heterocycles. The number of amides is 1. The predicted octanol–water partition coefficient (Wildman–Crippen LogP) is 4.41. The van der Waals surface area contributed by atoms with Crippen LogP contribution < -0.4 is 4.74 Å². The summed E-state index contributed by atoms with van der Waals surface area (Å²) in [4.78, 5) is 30.4. The Morgan fingerprint density at radius 3 is 2.61 bits per heavy atom. The number of carbonyl (C=O) groups is 2. The van der Waals surface area contributed by atoms with Crippen molar-refractivity contribution in [2.75, 3.05) is 13.2 Å². The molecular formula is C21H20N2O4S. The lowest BCUT2D eigenvalue weighted by Crippen LogP contribution is -2.28. The lowest BCUT2D eigenvalue weighted by molar-refractivity contribution is -0.122. The van der Waals surface area contributed by atoms with Crippen molar-refractivity contribution in [3.8, 4) is 5.75 Å². The van der Waals surface area contributed by atoms with Crippen molar-refractivity contribution in [3.63, 3.8) is 0 Å². The molecule has 1 amide bonds. The van der Waals surface area contributed by atoms with Gasteiger partial charge in [-0.15, -0.1) is 0 Å². The SMILES string of the molecule is CCOc1cccc(/C=C2/SC(=Nc3ccc(C(=O)O)cc3)N(CC)C2=O)c1. The van der Waals surface area contributed by atoms with E-state index in [2.05, 4.69) is 4.99 Å². The van der Waals surface area contributed by atoms with Gasteiger partial charge in [0, 0.05) is 6.54 Å². The predicted molar refractivity (Wildman–Crippen MR) is 111 cm³/mol. The van der Waals surface area contributed by atoms with Gasteiger partial charge < -0.3 is 9.84 Å². The highest BCUT2D eigenvalue weighted by molar-refractivity contribution is 8.18. The van der Waals surface area contributed by atoms with Crippen LogP contribution in [0.2, 0.25) is 0 Å². The lowest BCUT2D eigenvalue weighted by atomic mass is 10.2. The Morgan fingerprint density at radius 2 is 1.96 bits per heavy atom. The molecule has 2 aromatic rings. The molecule has 6 nitrogen and oxygen atoms in total. The Labute approximate surface area is 167 Å². The van der Waals surface area contributed by atoms with Crippen molar-refractivity contribution in [1.29, 1.82) is 0 Å². The van der Waals surface area contributed by atoms with Gasteiger partial charge in [-0.25, -0.2) is 9.79 Å². The molecule has 1 aliphatic heterocycles.